The molecule has 2 heterocycles. The molecular formula is C25H23F2N5O3. The number of hydrogen-bond donors (Lipinski definition) is 1. The summed E-state index contributed by atoms with van der Waals surface area (Å²) in [5.74, 6) is -1.19. The van der Waals surface area contributed by atoms with Gasteiger partial charge in [0.2, 0.25) is 5.89 Å². The number of oxazole rings is 1. The Morgan fingerprint density at radius 1 is 1.11 bits per heavy atom. The predicted octanol–water partition coefficient (Wildman–Crippen LogP) is 5.42. The Hall–Kier alpha value is -4.34. The molecule has 4 rings (SSSR count). The predicted molar refractivity (Wildman–Crippen MR) is 125 cm³/mol. The average Bonchev–Trinajstić information content (AvgIpc) is 3.52. The fraction of sp³-hybridized carbons (Fsp3) is 0.200. The zero-order valence-electron chi connectivity index (χ0n) is 18.7. The normalized spacial score (nSPS) is 11.3. The lowest BCUT2D eigenvalue weighted by Crippen LogP contribution is -2.28. The summed E-state index contributed by atoms with van der Waals surface area (Å²) < 4.78 is 33.9. The number of anilines is 1. The number of amides is 1. The summed E-state index contributed by atoms with van der Waals surface area (Å²) in [5.41, 5.74) is 2.19. The van der Waals surface area contributed by atoms with E-state index in [0.29, 0.717) is 11.4 Å². The van der Waals surface area contributed by atoms with Crippen LogP contribution in [-0.2, 0) is 19.5 Å². The second-order valence-electron chi connectivity index (χ2n) is 7.83. The molecule has 2 aromatic heterocycles. The molecule has 0 aliphatic carbocycles. The number of nitrogens with zero attached hydrogens (tertiary/aromatic N) is 5. The number of unbranched alkanes of at least 4 members (excludes halogenated alkanes) is 1. The van der Waals surface area contributed by atoms with Crippen LogP contribution in [0.15, 0.2) is 65.5 Å². The molecule has 0 aliphatic rings. The third-order valence-corrected chi connectivity index (χ3v) is 5.31. The van der Waals surface area contributed by atoms with Gasteiger partial charge in [0.05, 0.1) is 18.4 Å². The summed E-state index contributed by atoms with van der Waals surface area (Å²) in [4.78, 5) is 17.3. The Balaban J connectivity index is 1.34. The van der Waals surface area contributed by atoms with Crippen molar-refractivity contribution >= 4 is 23.9 Å². The van der Waals surface area contributed by atoms with Crippen LogP contribution in [-0.4, -0.2) is 31.2 Å². The highest BCUT2D eigenvalue weighted by Crippen LogP contribution is 2.20. The molecule has 0 radical (unpaired) electrons. The molecule has 1 amide bonds. The van der Waals surface area contributed by atoms with E-state index in [4.69, 9.17) is 4.42 Å². The molecule has 0 spiro atoms. The van der Waals surface area contributed by atoms with Crippen LogP contribution in [0.1, 0.15) is 35.6 Å². The van der Waals surface area contributed by atoms with Gasteiger partial charge in [0.15, 0.2) is 0 Å². The highest BCUT2D eigenvalue weighted by molar-refractivity contribution is 5.85. The molecule has 1 N–H and O–H groups in total. The first-order valence-electron chi connectivity index (χ1n) is 11.0. The zero-order chi connectivity index (χ0) is 24.6. The number of halogens is 2. The molecule has 0 atom stereocenters. The first-order chi connectivity index (χ1) is 17.0. The minimum atomic E-state index is -1.13. The number of rotatable bonds is 10. The highest BCUT2D eigenvalue weighted by atomic mass is 19.1. The van der Waals surface area contributed by atoms with Crippen molar-refractivity contribution in [2.45, 2.75) is 32.4 Å². The molecule has 2 aromatic carbocycles. The SMILES string of the molecule is O=C(O)N(Cc1coc(/C=C/c2ccc(F)cc2F)n1)c1ccc(CCCCn2ccnn2)cc1. The lowest BCUT2D eigenvalue weighted by atomic mass is 10.1. The maximum absolute atomic E-state index is 13.8. The van der Waals surface area contributed by atoms with E-state index in [2.05, 4.69) is 15.3 Å². The number of benzene rings is 2. The topological polar surface area (TPSA) is 97.3 Å². The third-order valence-electron chi connectivity index (χ3n) is 5.31. The van der Waals surface area contributed by atoms with Crippen LogP contribution in [0, 0.1) is 11.6 Å². The number of carbonyl (C=O) groups is 1. The van der Waals surface area contributed by atoms with Gasteiger partial charge in [-0.25, -0.2) is 18.6 Å². The second-order valence-corrected chi connectivity index (χ2v) is 7.83. The van der Waals surface area contributed by atoms with Crippen LogP contribution in [0.4, 0.5) is 19.3 Å². The van der Waals surface area contributed by atoms with E-state index in [-0.39, 0.29) is 18.0 Å². The maximum Gasteiger partial charge on any atom is 0.412 e. The molecule has 0 unspecified atom stereocenters. The van der Waals surface area contributed by atoms with Crippen LogP contribution < -0.4 is 4.90 Å². The van der Waals surface area contributed by atoms with E-state index in [0.717, 1.165) is 43.5 Å². The Kier molecular flexibility index (Phi) is 7.61. The van der Waals surface area contributed by atoms with Gasteiger partial charge in [-0.2, -0.15) is 0 Å². The van der Waals surface area contributed by atoms with Crippen molar-refractivity contribution in [3.8, 4) is 0 Å². The molecule has 0 saturated carbocycles. The van der Waals surface area contributed by atoms with Crippen molar-refractivity contribution in [3.63, 3.8) is 0 Å². The van der Waals surface area contributed by atoms with Crippen molar-refractivity contribution in [2.24, 2.45) is 0 Å². The summed E-state index contributed by atoms with van der Waals surface area (Å²) in [6, 6.07) is 10.6. The Bertz CT molecular complexity index is 1290. The molecule has 4 aromatic rings. The molecule has 10 heteroatoms. The average molecular weight is 479 g/mol. The molecule has 0 aliphatic heterocycles. The Morgan fingerprint density at radius 2 is 1.94 bits per heavy atom. The molecule has 0 bridgehead atoms. The quantitative estimate of drug-likeness (QED) is 0.305. The number of aromatic nitrogens is 4. The Labute approximate surface area is 200 Å². The van der Waals surface area contributed by atoms with Gasteiger partial charge in [-0.1, -0.05) is 17.3 Å². The van der Waals surface area contributed by atoms with Crippen molar-refractivity contribution in [1.82, 2.24) is 20.0 Å². The minimum Gasteiger partial charge on any atom is -0.465 e. The van der Waals surface area contributed by atoms with E-state index in [1.54, 1.807) is 23.0 Å². The van der Waals surface area contributed by atoms with Crippen molar-refractivity contribution < 1.29 is 23.1 Å². The lowest BCUT2D eigenvalue weighted by Gasteiger charge is -2.18. The van der Waals surface area contributed by atoms with Crippen LogP contribution in [0.2, 0.25) is 0 Å². The molecule has 35 heavy (non-hydrogen) atoms. The van der Waals surface area contributed by atoms with Gasteiger partial charge in [0.25, 0.3) is 0 Å². The van der Waals surface area contributed by atoms with E-state index in [1.807, 2.05) is 18.3 Å². The first kappa shape index (κ1) is 23.8. The smallest absolute Gasteiger partial charge is 0.412 e. The summed E-state index contributed by atoms with van der Waals surface area (Å²) in [6.07, 6.45) is 9.34. The van der Waals surface area contributed by atoms with Crippen molar-refractivity contribution in [1.29, 1.82) is 0 Å². The standard InChI is InChI=1S/C25H23F2N5O3/c26-20-8-6-19(23(27)15-20)7-11-24-29-21(17-35-24)16-32(25(33)34)22-9-4-18(5-10-22)3-1-2-13-31-14-12-28-30-31/h4-12,14-15,17H,1-3,13,16H2,(H,33,34)/b11-7+. The second kappa shape index (κ2) is 11.2. The van der Waals surface area contributed by atoms with E-state index in [1.165, 1.54) is 29.4 Å². The number of aryl methyl sites for hydroxylation is 2. The van der Waals surface area contributed by atoms with Crippen LogP contribution >= 0.6 is 0 Å². The monoisotopic (exact) mass is 479 g/mol. The molecule has 0 fully saturated rings. The number of hydrogen-bond acceptors (Lipinski definition) is 5. The fourth-order valence-electron chi connectivity index (χ4n) is 3.50. The van der Waals surface area contributed by atoms with E-state index in [9.17, 15) is 18.7 Å². The molecule has 180 valence electrons. The molecule has 0 saturated heterocycles. The van der Waals surface area contributed by atoms with Gasteiger partial charge < -0.3 is 9.52 Å². The summed E-state index contributed by atoms with van der Waals surface area (Å²) in [7, 11) is 0. The Morgan fingerprint density at radius 3 is 2.66 bits per heavy atom. The van der Waals surface area contributed by atoms with E-state index < -0.39 is 17.7 Å². The highest BCUT2D eigenvalue weighted by Gasteiger charge is 2.17. The molecule has 8 nitrogen and oxygen atoms in total. The summed E-state index contributed by atoms with van der Waals surface area (Å²) in [6.45, 7) is 0.785. The van der Waals surface area contributed by atoms with Crippen LogP contribution in [0.3, 0.4) is 0 Å². The van der Waals surface area contributed by atoms with Crippen molar-refractivity contribution in [2.75, 3.05) is 4.90 Å². The van der Waals surface area contributed by atoms with Gasteiger partial charge in [0, 0.05) is 36.1 Å². The number of carboxylic acid groups (broad SMARTS) is 1. The van der Waals surface area contributed by atoms with Gasteiger partial charge in [-0.15, -0.1) is 5.10 Å². The fourth-order valence-corrected chi connectivity index (χ4v) is 3.50. The van der Waals surface area contributed by atoms with Crippen molar-refractivity contribution in [3.05, 3.63) is 95.5 Å². The molecular weight excluding hydrogens is 456 g/mol. The first-order valence-corrected chi connectivity index (χ1v) is 11.0. The van der Waals surface area contributed by atoms with Gasteiger partial charge in [-0.3, -0.25) is 9.58 Å². The maximum atomic E-state index is 13.8. The zero-order valence-corrected chi connectivity index (χ0v) is 18.7. The van der Waals surface area contributed by atoms with Crippen LogP contribution in [0.5, 0.6) is 0 Å². The van der Waals surface area contributed by atoms with Gasteiger partial charge in [-0.05, 0) is 55.2 Å². The summed E-state index contributed by atoms with van der Waals surface area (Å²) >= 11 is 0. The largest absolute Gasteiger partial charge is 0.465 e. The van der Waals surface area contributed by atoms with Gasteiger partial charge >= 0.3 is 6.09 Å². The van der Waals surface area contributed by atoms with Crippen LogP contribution in [0.25, 0.3) is 12.2 Å². The van der Waals surface area contributed by atoms with Gasteiger partial charge in [0.1, 0.15) is 17.9 Å². The lowest BCUT2D eigenvalue weighted by molar-refractivity contribution is 0.201. The summed E-state index contributed by atoms with van der Waals surface area (Å²) in [5, 5.41) is 17.4. The third kappa shape index (κ3) is 6.59. The minimum absolute atomic E-state index is 0.0190. The van der Waals surface area contributed by atoms with E-state index >= 15 is 0 Å².